The quantitative estimate of drug-likeness (QED) is 0.400. The predicted molar refractivity (Wildman–Crippen MR) is 114 cm³/mol. The summed E-state index contributed by atoms with van der Waals surface area (Å²) in [7, 11) is 0. The van der Waals surface area contributed by atoms with Gasteiger partial charge in [0.1, 0.15) is 24.8 Å². The molecule has 0 amide bonds. The number of aromatic nitrogens is 3. The van der Waals surface area contributed by atoms with Crippen LogP contribution in [0.15, 0.2) is 66.3 Å². The highest BCUT2D eigenvalue weighted by Crippen LogP contribution is 2.36. The van der Waals surface area contributed by atoms with Crippen molar-refractivity contribution in [2.75, 3.05) is 19.0 Å². The Kier molecular flexibility index (Phi) is 6.73. The molecule has 3 aromatic rings. The number of halogens is 1. The van der Waals surface area contributed by atoms with Gasteiger partial charge < -0.3 is 19.3 Å². The van der Waals surface area contributed by atoms with Gasteiger partial charge in [-0.2, -0.15) is 0 Å². The van der Waals surface area contributed by atoms with E-state index in [9.17, 15) is 9.50 Å². The molecule has 1 N–H and O–H groups in total. The van der Waals surface area contributed by atoms with Crippen LogP contribution < -0.4 is 14.2 Å². The molecule has 1 aliphatic heterocycles. The third kappa shape index (κ3) is 5.18. The molecule has 1 aromatic heterocycles. The van der Waals surface area contributed by atoms with Crippen LogP contribution in [0.1, 0.15) is 11.9 Å². The van der Waals surface area contributed by atoms with E-state index in [2.05, 4.69) is 16.8 Å². The third-order valence-electron chi connectivity index (χ3n) is 4.51. The van der Waals surface area contributed by atoms with Gasteiger partial charge in [-0.25, -0.2) is 4.39 Å². The molecular formula is C22H22FN3O4S. The molecule has 1 aliphatic rings. The second kappa shape index (κ2) is 9.84. The van der Waals surface area contributed by atoms with Gasteiger partial charge in [-0.15, -0.1) is 16.8 Å². The molecule has 0 saturated heterocycles. The van der Waals surface area contributed by atoms with Crippen molar-refractivity contribution in [1.29, 1.82) is 0 Å². The molecule has 2 heterocycles. The smallest absolute Gasteiger partial charge is 0.192 e. The van der Waals surface area contributed by atoms with Gasteiger partial charge in [-0.05, 0) is 36.4 Å². The van der Waals surface area contributed by atoms with Gasteiger partial charge in [0.25, 0.3) is 0 Å². The second-order valence-corrected chi connectivity index (χ2v) is 7.82. The fourth-order valence-corrected chi connectivity index (χ4v) is 3.89. The summed E-state index contributed by atoms with van der Waals surface area (Å²) < 4.78 is 32.2. The van der Waals surface area contributed by atoms with Crippen molar-refractivity contribution >= 4 is 11.8 Å². The molecule has 0 spiro atoms. The van der Waals surface area contributed by atoms with E-state index in [0.717, 1.165) is 0 Å². The minimum Gasteiger partial charge on any atom is -0.491 e. The first-order valence-electron chi connectivity index (χ1n) is 9.75. The summed E-state index contributed by atoms with van der Waals surface area (Å²) in [6.07, 6.45) is 0.611. The van der Waals surface area contributed by atoms with Crippen molar-refractivity contribution in [3.05, 3.63) is 72.8 Å². The summed E-state index contributed by atoms with van der Waals surface area (Å²) in [4.78, 5) is 0. The normalized spacial score (nSPS) is 16.0. The van der Waals surface area contributed by atoms with Crippen LogP contribution in [-0.4, -0.2) is 44.9 Å². The van der Waals surface area contributed by atoms with Crippen molar-refractivity contribution in [2.24, 2.45) is 0 Å². The van der Waals surface area contributed by atoms with Crippen LogP contribution in [0.25, 0.3) is 0 Å². The third-order valence-corrected chi connectivity index (χ3v) is 5.63. The minimum atomic E-state index is -0.742. The molecule has 0 radical (unpaired) electrons. The van der Waals surface area contributed by atoms with E-state index in [1.807, 2.05) is 28.8 Å². The average molecular weight is 444 g/mol. The van der Waals surface area contributed by atoms with E-state index in [1.165, 1.54) is 36.0 Å². The van der Waals surface area contributed by atoms with Gasteiger partial charge in [0, 0.05) is 12.3 Å². The number of fused-ring (bicyclic) bond motifs is 1. The number of thioether (sulfide) groups is 1. The van der Waals surface area contributed by atoms with Gasteiger partial charge in [-0.3, -0.25) is 4.57 Å². The average Bonchev–Trinajstić information content (AvgIpc) is 3.19. The van der Waals surface area contributed by atoms with Crippen LogP contribution in [0.2, 0.25) is 0 Å². The number of aliphatic hydroxyl groups excluding tert-OH is 1. The molecular weight excluding hydrogens is 421 g/mol. The SMILES string of the molecule is C=CCn1c(SC[C@H](O)COc2ccc(F)cc2)nnc1[C@@H]1COc2ccccc2O1. The molecule has 0 bridgehead atoms. The van der Waals surface area contributed by atoms with E-state index in [-0.39, 0.29) is 12.4 Å². The Morgan fingerprint density at radius 2 is 2.00 bits per heavy atom. The van der Waals surface area contributed by atoms with Crippen molar-refractivity contribution in [3.63, 3.8) is 0 Å². The van der Waals surface area contributed by atoms with Crippen LogP contribution in [0.5, 0.6) is 17.2 Å². The number of ether oxygens (including phenoxy) is 3. The zero-order valence-corrected chi connectivity index (χ0v) is 17.5. The fourth-order valence-electron chi connectivity index (χ4n) is 3.03. The van der Waals surface area contributed by atoms with E-state index in [4.69, 9.17) is 14.2 Å². The maximum atomic E-state index is 13.0. The molecule has 0 saturated carbocycles. The molecule has 2 aromatic carbocycles. The van der Waals surface area contributed by atoms with Gasteiger partial charge in [-0.1, -0.05) is 30.0 Å². The molecule has 31 heavy (non-hydrogen) atoms. The largest absolute Gasteiger partial charge is 0.491 e. The summed E-state index contributed by atoms with van der Waals surface area (Å²) in [5, 5.41) is 19.5. The first-order valence-corrected chi connectivity index (χ1v) is 10.7. The lowest BCUT2D eigenvalue weighted by Gasteiger charge is -2.26. The Bertz CT molecular complexity index is 1030. The zero-order chi connectivity index (χ0) is 21.6. The highest BCUT2D eigenvalue weighted by Gasteiger charge is 2.28. The first kappa shape index (κ1) is 21.2. The summed E-state index contributed by atoms with van der Waals surface area (Å²) >= 11 is 1.36. The molecule has 4 rings (SSSR count). The van der Waals surface area contributed by atoms with Gasteiger partial charge >= 0.3 is 0 Å². The number of para-hydroxylation sites is 2. The molecule has 2 atom stereocenters. The van der Waals surface area contributed by atoms with Gasteiger partial charge in [0.15, 0.2) is 28.6 Å². The fraction of sp³-hybridized carbons (Fsp3) is 0.273. The Hall–Kier alpha value is -3.04. The van der Waals surface area contributed by atoms with E-state index in [1.54, 1.807) is 6.08 Å². The monoisotopic (exact) mass is 443 g/mol. The Balaban J connectivity index is 1.38. The Morgan fingerprint density at radius 3 is 2.77 bits per heavy atom. The summed E-state index contributed by atoms with van der Waals surface area (Å²) in [6, 6.07) is 13.1. The number of hydrogen-bond acceptors (Lipinski definition) is 7. The summed E-state index contributed by atoms with van der Waals surface area (Å²) in [6.45, 7) is 4.71. The van der Waals surface area contributed by atoms with Crippen molar-refractivity contribution < 1.29 is 23.7 Å². The summed E-state index contributed by atoms with van der Waals surface area (Å²) in [5.41, 5.74) is 0. The Morgan fingerprint density at radius 1 is 1.23 bits per heavy atom. The van der Waals surface area contributed by atoms with Crippen molar-refractivity contribution in [2.45, 2.75) is 23.9 Å². The first-order chi connectivity index (χ1) is 15.1. The topological polar surface area (TPSA) is 78.6 Å². The molecule has 0 fully saturated rings. The number of allylic oxidation sites excluding steroid dienone is 1. The van der Waals surface area contributed by atoms with Crippen molar-refractivity contribution in [3.8, 4) is 17.2 Å². The highest BCUT2D eigenvalue weighted by molar-refractivity contribution is 7.99. The standard InChI is InChI=1S/C22H22FN3O4S/c1-2-11-26-21(20-13-29-18-5-3-4-6-19(18)30-20)24-25-22(26)31-14-16(27)12-28-17-9-7-15(23)8-10-17/h2-10,16,20,27H,1,11-14H2/t16-,20+/m1/s1. The molecule has 9 heteroatoms. The van der Waals surface area contributed by atoms with Gasteiger partial charge in [0.05, 0.1) is 6.10 Å². The molecule has 0 aliphatic carbocycles. The van der Waals surface area contributed by atoms with Crippen LogP contribution in [0.4, 0.5) is 4.39 Å². The molecule has 0 unspecified atom stereocenters. The number of rotatable bonds is 9. The van der Waals surface area contributed by atoms with Crippen LogP contribution >= 0.6 is 11.8 Å². The zero-order valence-electron chi connectivity index (χ0n) is 16.7. The lowest BCUT2D eigenvalue weighted by Crippen LogP contribution is -2.25. The summed E-state index contributed by atoms with van der Waals surface area (Å²) in [5.74, 6) is 2.51. The maximum Gasteiger partial charge on any atom is 0.192 e. The highest BCUT2D eigenvalue weighted by atomic mass is 32.2. The van der Waals surface area contributed by atoms with Crippen LogP contribution in [0, 0.1) is 5.82 Å². The lowest BCUT2D eigenvalue weighted by molar-refractivity contribution is 0.0821. The predicted octanol–water partition coefficient (Wildman–Crippen LogP) is 3.65. The van der Waals surface area contributed by atoms with E-state index in [0.29, 0.717) is 47.1 Å². The maximum absolute atomic E-state index is 13.0. The van der Waals surface area contributed by atoms with Crippen LogP contribution in [0.3, 0.4) is 0 Å². The van der Waals surface area contributed by atoms with E-state index < -0.39 is 12.2 Å². The number of nitrogens with zero attached hydrogens (tertiary/aromatic N) is 3. The van der Waals surface area contributed by atoms with Crippen LogP contribution in [-0.2, 0) is 6.54 Å². The number of aliphatic hydroxyl groups is 1. The van der Waals surface area contributed by atoms with Crippen molar-refractivity contribution in [1.82, 2.24) is 14.8 Å². The molecule has 7 nitrogen and oxygen atoms in total. The number of hydrogen-bond donors (Lipinski definition) is 1. The lowest BCUT2D eigenvalue weighted by atomic mass is 10.2. The Labute approximate surface area is 183 Å². The molecule has 162 valence electrons. The number of benzene rings is 2. The second-order valence-electron chi connectivity index (χ2n) is 6.83. The minimum absolute atomic E-state index is 0.0808. The van der Waals surface area contributed by atoms with Gasteiger partial charge in [0.2, 0.25) is 0 Å². The van der Waals surface area contributed by atoms with E-state index >= 15 is 0 Å².